The zero-order chi connectivity index (χ0) is 22.1. The molecule has 0 radical (unpaired) electrons. The van der Waals surface area contributed by atoms with Crippen LogP contribution in [0, 0.1) is 26.7 Å². The molecule has 2 heterocycles. The molecule has 6 heteroatoms. The van der Waals surface area contributed by atoms with Crippen molar-refractivity contribution in [1.82, 2.24) is 4.90 Å². The van der Waals surface area contributed by atoms with Gasteiger partial charge in [0.1, 0.15) is 5.58 Å². The molecule has 1 saturated heterocycles. The number of carbonyl (C=O) groups is 2. The zero-order valence-electron chi connectivity index (χ0n) is 18.3. The fourth-order valence-corrected chi connectivity index (χ4v) is 4.46. The molecule has 1 aromatic heterocycles. The van der Waals surface area contributed by atoms with Gasteiger partial charge in [-0.1, -0.05) is 24.3 Å². The van der Waals surface area contributed by atoms with Crippen molar-refractivity contribution in [3.8, 4) is 0 Å². The summed E-state index contributed by atoms with van der Waals surface area (Å²) in [7, 11) is 0. The number of nitrogens with one attached hydrogen (secondary N) is 1. The Balaban J connectivity index is 1.45. The van der Waals surface area contributed by atoms with Gasteiger partial charge in [-0.3, -0.25) is 14.5 Å². The van der Waals surface area contributed by atoms with Crippen LogP contribution in [-0.4, -0.2) is 29.8 Å². The third kappa shape index (κ3) is 4.35. The van der Waals surface area contributed by atoms with Crippen LogP contribution in [0.4, 0.5) is 5.69 Å². The van der Waals surface area contributed by atoms with Gasteiger partial charge < -0.3 is 15.5 Å². The molecule has 1 aliphatic rings. The molecule has 0 spiro atoms. The smallest absolute Gasteiger partial charge is 0.291 e. The van der Waals surface area contributed by atoms with E-state index in [1.54, 1.807) is 0 Å². The summed E-state index contributed by atoms with van der Waals surface area (Å²) in [5, 5.41) is 3.95. The van der Waals surface area contributed by atoms with Crippen molar-refractivity contribution in [2.24, 2.45) is 11.7 Å². The van der Waals surface area contributed by atoms with E-state index in [9.17, 15) is 9.59 Å². The summed E-state index contributed by atoms with van der Waals surface area (Å²) in [6.45, 7) is 8.37. The number of furan rings is 1. The Kier molecular flexibility index (Phi) is 5.83. The normalized spacial score (nSPS) is 17.1. The molecule has 6 nitrogen and oxygen atoms in total. The van der Waals surface area contributed by atoms with Gasteiger partial charge in [-0.15, -0.1) is 0 Å². The summed E-state index contributed by atoms with van der Waals surface area (Å²) < 4.78 is 5.94. The summed E-state index contributed by atoms with van der Waals surface area (Å²) in [6.07, 6.45) is 1.86. The van der Waals surface area contributed by atoms with Crippen molar-refractivity contribution in [3.63, 3.8) is 0 Å². The van der Waals surface area contributed by atoms with Gasteiger partial charge >= 0.3 is 0 Å². The van der Waals surface area contributed by atoms with E-state index in [0.29, 0.717) is 12.3 Å². The van der Waals surface area contributed by atoms with E-state index < -0.39 is 0 Å². The van der Waals surface area contributed by atoms with Gasteiger partial charge in [0.15, 0.2) is 5.76 Å². The number of amides is 2. The molecular weight excluding hydrogens is 390 g/mol. The second-order valence-electron chi connectivity index (χ2n) is 8.59. The van der Waals surface area contributed by atoms with Crippen molar-refractivity contribution >= 4 is 28.5 Å². The molecule has 3 aromatic rings. The lowest BCUT2D eigenvalue weighted by atomic mass is 9.97. The van der Waals surface area contributed by atoms with Gasteiger partial charge in [0.2, 0.25) is 5.91 Å². The number of likely N-dealkylation sites (tertiary alicyclic amines) is 1. The predicted octanol–water partition coefficient (Wildman–Crippen LogP) is 4.31. The molecule has 2 amide bonds. The first-order valence-electron chi connectivity index (χ1n) is 10.7. The molecule has 1 fully saturated rings. The molecule has 1 unspecified atom stereocenters. The second-order valence-corrected chi connectivity index (χ2v) is 8.59. The number of rotatable bonds is 5. The van der Waals surface area contributed by atoms with Gasteiger partial charge in [0.25, 0.3) is 5.91 Å². The SMILES string of the molecule is Cc1ccc(C)c2c(C)c(C(=O)Nc3ccc(CN4CCCC(C(N)=O)C4)cc3)oc12. The van der Waals surface area contributed by atoms with Crippen LogP contribution in [0.5, 0.6) is 0 Å². The van der Waals surface area contributed by atoms with Crippen LogP contribution in [0.1, 0.15) is 45.7 Å². The Morgan fingerprint density at radius 2 is 1.81 bits per heavy atom. The quantitative estimate of drug-likeness (QED) is 0.645. The number of hydrogen-bond donors (Lipinski definition) is 2. The molecule has 1 aliphatic heterocycles. The van der Waals surface area contributed by atoms with Crippen LogP contribution in [0.15, 0.2) is 40.8 Å². The number of aryl methyl sites for hydroxylation is 3. The lowest BCUT2D eigenvalue weighted by Gasteiger charge is -2.31. The Hall–Kier alpha value is -3.12. The number of benzene rings is 2. The van der Waals surface area contributed by atoms with E-state index in [-0.39, 0.29) is 17.7 Å². The third-order valence-electron chi connectivity index (χ3n) is 6.21. The molecular formula is C25H29N3O3. The van der Waals surface area contributed by atoms with E-state index in [0.717, 1.165) is 64.8 Å². The summed E-state index contributed by atoms with van der Waals surface area (Å²) in [4.78, 5) is 26.6. The maximum absolute atomic E-state index is 12.9. The first-order chi connectivity index (χ1) is 14.8. The average Bonchev–Trinajstić information content (AvgIpc) is 3.11. The van der Waals surface area contributed by atoms with E-state index in [1.807, 2.05) is 51.1 Å². The molecule has 0 saturated carbocycles. The Morgan fingerprint density at radius 1 is 1.10 bits per heavy atom. The van der Waals surface area contributed by atoms with Crippen LogP contribution in [0.3, 0.4) is 0 Å². The molecule has 0 bridgehead atoms. The minimum atomic E-state index is -0.249. The second kappa shape index (κ2) is 8.55. The first kappa shape index (κ1) is 21.1. The molecule has 162 valence electrons. The van der Waals surface area contributed by atoms with Crippen molar-refractivity contribution in [2.45, 2.75) is 40.2 Å². The van der Waals surface area contributed by atoms with E-state index in [2.05, 4.69) is 16.3 Å². The number of nitrogens with zero attached hydrogens (tertiary/aromatic N) is 1. The van der Waals surface area contributed by atoms with Gasteiger partial charge in [-0.2, -0.15) is 0 Å². The predicted molar refractivity (Wildman–Crippen MR) is 122 cm³/mol. The highest BCUT2D eigenvalue weighted by atomic mass is 16.3. The summed E-state index contributed by atoms with van der Waals surface area (Å²) in [5.41, 5.74) is 11.1. The fraction of sp³-hybridized carbons (Fsp3) is 0.360. The molecule has 0 aliphatic carbocycles. The molecule has 4 rings (SSSR count). The van der Waals surface area contributed by atoms with Crippen molar-refractivity contribution in [2.75, 3.05) is 18.4 Å². The van der Waals surface area contributed by atoms with Crippen LogP contribution in [0.2, 0.25) is 0 Å². The van der Waals surface area contributed by atoms with Gasteiger partial charge in [-0.05, 0) is 69.0 Å². The number of piperidine rings is 1. The van der Waals surface area contributed by atoms with E-state index in [4.69, 9.17) is 10.2 Å². The maximum Gasteiger partial charge on any atom is 0.291 e. The first-order valence-corrected chi connectivity index (χ1v) is 10.7. The molecule has 3 N–H and O–H groups in total. The topological polar surface area (TPSA) is 88.6 Å². The lowest BCUT2D eigenvalue weighted by Crippen LogP contribution is -2.40. The van der Waals surface area contributed by atoms with Gasteiger partial charge in [0.05, 0.1) is 5.92 Å². The average molecular weight is 420 g/mol. The monoisotopic (exact) mass is 419 g/mol. The number of nitrogens with two attached hydrogens (primary N) is 1. The molecule has 31 heavy (non-hydrogen) atoms. The largest absolute Gasteiger partial charge is 0.450 e. The standard InChI is InChI=1S/C25H29N3O3/c1-15-6-7-16(2)22-21(15)17(3)23(31-22)25(30)27-20-10-8-18(9-11-20)13-28-12-4-5-19(14-28)24(26)29/h6-11,19H,4-5,12-14H2,1-3H3,(H2,26,29)(H,27,30). The summed E-state index contributed by atoms with van der Waals surface area (Å²) in [5.74, 6) is -0.177. The van der Waals surface area contributed by atoms with Gasteiger partial charge in [-0.25, -0.2) is 0 Å². The molecule has 2 aromatic carbocycles. The highest BCUT2D eigenvalue weighted by Gasteiger charge is 2.24. The third-order valence-corrected chi connectivity index (χ3v) is 6.21. The number of anilines is 1. The Morgan fingerprint density at radius 3 is 2.48 bits per heavy atom. The van der Waals surface area contributed by atoms with Crippen molar-refractivity contribution < 1.29 is 14.0 Å². The minimum absolute atomic E-state index is 0.0633. The minimum Gasteiger partial charge on any atom is -0.450 e. The number of carbonyl (C=O) groups excluding carboxylic acids is 2. The van der Waals surface area contributed by atoms with Crippen LogP contribution in [-0.2, 0) is 11.3 Å². The van der Waals surface area contributed by atoms with Crippen LogP contribution >= 0.6 is 0 Å². The summed E-state index contributed by atoms with van der Waals surface area (Å²) >= 11 is 0. The van der Waals surface area contributed by atoms with E-state index >= 15 is 0 Å². The fourth-order valence-electron chi connectivity index (χ4n) is 4.46. The number of hydrogen-bond acceptors (Lipinski definition) is 4. The van der Waals surface area contributed by atoms with Crippen LogP contribution < -0.4 is 11.1 Å². The number of fused-ring (bicyclic) bond motifs is 1. The van der Waals surface area contributed by atoms with Crippen molar-refractivity contribution in [3.05, 3.63) is 64.4 Å². The highest BCUT2D eigenvalue weighted by Crippen LogP contribution is 2.31. The Labute approximate surface area is 182 Å². The van der Waals surface area contributed by atoms with Crippen LogP contribution in [0.25, 0.3) is 11.0 Å². The number of primary amides is 1. The lowest BCUT2D eigenvalue weighted by molar-refractivity contribution is -0.123. The highest BCUT2D eigenvalue weighted by molar-refractivity contribution is 6.07. The molecule has 1 atom stereocenters. The van der Waals surface area contributed by atoms with E-state index in [1.165, 1.54) is 0 Å². The maximum atomic E-state index is 12.9. The summed E-state index contributed by atoms with van der Waals surface area (Å²) in [6, 6.07) is 11.9. The van der Waals surface area contributed by atoms with Gasteiger partial charge in [0, 0.05) is 29.7 Å². The van der Waals surface area contributed by atoms with Crippen molar-refractivity contribution in [1.29, 1.82) is 0 Å². The Bertz CT molecular complexity index is 1130. The zero-order valence-corrected chi connectivity index (χ0v) is 18.3.